The van der Waals surface area contributed by atoms with Crippen molar-refractivity contribution < 1.29 is 9.90 Å². The third-order valence-electron chi connectivity index (χ3n) is 3.27. The van der Waals surface area contributed by atoms with E-state index in [0.717, 1.165) is 23.7 Å². The van der Waals surface area contributed by atoms with Crippen molar-refractivity contribution in [2.24, 2.45) is 0 Å². The number of hydrogen-bond acceptors (Lipinski definition) is 3. The summed E-state index contributed by atoms with van der Waals surface area (Å²) in [5.41, 5.74) is 6.88. The highest BCUT2D eigenvalue weighted by Gasteiger charge is 2.27. The monoisotopic (exact) mass is 312 g/mol. The van der Waals surface area contributed by atoms with Crippen molar-refractivity contribution in [3.8, 4) is 0 Å². The van der Waals surface area contributed by atoms with Gasteiger partial charge < -0.3 is 15.7 Å². The molecular weight excluding hydrogens is 296 g/mol. The van der Waals surface area contributed by atoms with Crippen molar-refractivity contribution in [2.45, 2.75) is 25.3 Å². The van der Waals surface area contributed by atoms with Gasteiger partial charge in [-0.3, -0.25) is 4.79 Å². The van der Waals surface area contributed by atoms with Crippen LogP contribution in [-0.2, 0) is 0 Å². The summed E-state index contributed by atoms with van der Waals surface area (Å²) in [6, 6.07) is 5.14. The standard InChI is InChI=1S/C13H17BrN2O2/c14-10-5-9(6-11(15)7-10)13(18)16-4-2-1-3-12(16)8-17/h5-7,12,17H,1-4,8,15H2. The average molecular weight is 313 g/mol. The van der Waals surface area contributed by atoms with E-state index in [4.69, 9.17) is 5.73 Å². The fourth-order valence-electron chi connectivity index (χ4n) is 2.36. The van der Waals surface area contributed by atoms with Crippen molar-refractivity contribution >= 4 is 27.5 Å². The smallest absolute Gasteiger partial charge is 0.254 e. The number of piperidine rings is 1. The molecular formula is C13H17BrN2O2. The van der Waals surface area contributed by atoms with Crippen molar-refractivity contribution in [1.29, 1.82) is 0 Å². The molecule has 1 unspecified atom stereocenters. The van der Waals surface area contributed by atoms with Gasteiger partial charge in [-0.2, -0.15) is 0 Å². The lowest BCUT2D eigenvalue weighted by atomic mass is 10.0. The number of halogens is 1. The normalized spacial score (nSPS) is 19.9. The minimum atomic E-state index is -0.0635. The van der Waals surface area contributed by atoms with Crippen LogP contribution in [0.3, 0.4) is 0 Å². The summed E-state index contributed by atoms with van der Waals surface area (Å²) in [6.45, 7) is 0.728. The number of nitrogens with two attached hydrogens (primary N) is 1. The summed E-state index contributed by atoms with van der Waals surface area (Å²) < 4.78 is 0.795. The fraction of sp³-hybridized carbons (Fsp3) is 0.462. The number of nitrogens with zero attached hydrogens (tertiary/aromatic N) is 1. The van der Waals surface area contributed by atoms with Crippen LogP contribution in [0.15, 0.2) is 22.7 Å². The summed E-state index contributed by atoms with van der Waals surface area (Å²) >= 11 is 3.34. The highest BCUT2D eigenvalue weighted by molar-refractivity contribution is 9.10. The van der Waals surface area contributed by atoms with Gasteiger partial charge in [0.1, 0.15) is 0 Å². The Morgan fingerprint density at radius 2 is 2.22 bits per heavy atom. The Bertz CT molecular complexity index is 430. The van der Waals surface area contributed by atoms with Crippen molar-refractivity contribution in [3.63, 3.8) is 0 Å². The van der Waals surface area contributed by atoms with Gasteiger partial charge in [0.15, 0.2) is 0 Å². The Morgan fingerprint density at radius 3 is 2.89 bits per heavy atom. The molecule has 98 valence electrons. The van der Waals surface area contributed by atoms with Gasteiger partial charge in [-0.25, -0.2) is 0 Å². The highest BCUT2D eigenvalue weighted by Crippen LogP contribution is 2.23. The molecule has 0 radical (unpaired) electrons. The molecule has 4 nitrogen and oxygen atoms in total. The number of aliphatic hydroxyl groups excluding tert-OH is 1. The van der Waals surface area contributed by atoms with Crippen molar-refractivity contribution in [1.82, 2.24) is 4.90 Å². The summed E-state index contributed by atoms with van der Waals surface area (Å²) in [7, 11) is 0. The molecule has 0 aliphatic carbocycles. The quantitative estimate of drug-likeness (QED) is 0.821. The van der Waals surface area contributed by atoms with Crippen LogP contribution < -0.4 is 5.73 Å². The summed E-state index contributed by atoms with van der Waals surface area (Å²) in [4.78, 5) is 14.2. The van der Waals surface area contributed by atoms with E-state index in [-0.39, 0.29) is 18.6 Å². The second-order valence-electron chi connectivity index (χ2n) is 4.60. The van der Waals surface area contributed by atoms with Gasteiger partial charge in [0.05, 0.1) is 12.6 Å². The van der Waals surface area contributed by atoms with Gasteiger partial charge in [0.25, 0.3) is 5.91 Å². The lowest BCUT2D eigenvalue weighted by molar-refractivity contribution is 0.0503. The molecule has 0 bridgehead atoms. The number of hydrogen-bond donors (Lipinski definition) is 2. The molecule has 1 aliphatic heterocycles. The first kappa shape index (κ1) is 13.4. The highest BCUT2D eigenvalue weighted by atomic mass is 79.9. The Balaban J connectivity index is 2.23. The van der Waals surface area contributed by atoms with Gasteiger partial charge in [0, 0.05) is 22.3 Å². The van der Waals surface area contributed by atoms with E-state index >= 15 is 0 Å². The van der Waals surface area contributed by atoms with Gasteiger partial charge >= 0.3 is 0 Å². The third kappa shape index (κ3) is 2.84. The van der Waals surface area contributed by atoms with Crippen molar-refractivity contribution in [3.05, 3.63) is 28.2 Å². The molecule has 1 heterocycles. The second-order valence-corrected chi connectivity index (χ2v) is 5.52. The number of likely N-dealkylation sites (tertiary alicyclic amines) is 1. The number of anilines is 1. The first-order valence-electron chi connectivity index (χ1n) is 6.09. The predicted molar refractivity (Wildman–Crippen MR) is 74.3 cm³/mol. The molecule has 5 heteroatoms. The molecule has 1 atom stereocenters. The molecule has 1 aromatic rings. The topological polar surface area (TPSA) is 66.6 Å². The molecule has 0 saturated carbocycles. The maximum atomic E-state index is 12.4. The summed E-state index contributed by atoms with van der Waals surface area (Å²) in [6.07, 6.45) is 2.92. The Hall–Kier alpha value is -1.07. The molecule has 18 heavy (non-hydrogen) atoms. The zero-order valence-corrected chi connectivity index (χ0v) is 11.7. The van der Waals surface area contributed by atoms with Gasteiger partial charge in [0.2, 0.25) is 0 Å². The first-order chi connectivity index (χ1) is 8.61. The molecule has 2 rings (SSSR count). The fourth-order valence-corrected chi connectivity index (χ4v) is 2.87. The molecule has 0 aromatic heterocycles. The van der Waals surface area contributed by atoms with E-state index < -0.39 is 0 Å². The Kier molecular flexibility index (Phi) is 4.24. The Labute approximate surface area is 115 Å². The third-order valence-corrected chi connectivity index (χ3v) is 3.72. The Morgan fingerprint density at radius 1 is 1.44 bits per heavy atom. The molecule has 1 fully saturated rings. The van der Waals surface area contributed by atoms with E-state index in [1.54, 1.807) is 23.1 Å². The zero-order valence-electron chi connectivity index (χ0n) is 10.1. The second kappa shape index (κ2) is 5.71. The number of amides is 1. The number of carbonyl (C=O) groups is 1. The molecule has 1 aliphatic rings. The maximum Gasteiger partial charge on any atom is 0.254 e. The lowest BCUT2D eigenvalue weighted by Gasteiger charge is -2.34. The molecule has 0 spiro atoms. The van der Waals surface area contributed by atoms with Crippen LogP contribution in [0.2, 0.25) is 0 Å². The maximum absolute atomic E-state index is 12.4. The summed E-state index contributed by atoms with van der Waals surface area (Å²) in [5, 5.41) is 9.34. The van der Waals surface area contributed by atoms with Crippen LogP contribution in [0.1, 0.15) is 29.6 Å². The van der Waals surface area contributed by atoms with E-state index in [9.17, 15) is 9.90 Å². The van der Waals surface area contributed by atoms with Crippen LogP contribution in [0.5, 0.6) is 0 Å². The number of nitrogen functional groups attached to an aromatic ring is 1. The van der Waals surface area contributed by atoms with Gasteiger partial charge in [-0.1, -0.05) is 15.9 Å². The number of rotatable bonds is 2. The minimum absolute atomic E-state index is 0.0230. The van der Waals surface area contributed by atoms with E-state index in [0.29, 0.717) is 17.8 Å². The average Bonchev–Trinajstić information content (AvgIpc) is 2.36. The van der Waals surface area contributed by atoms with E-state index in [2.05, 4.69) is 15.9 Å². The SMILES string of the molecule is Nc1cc(Br)cc(C(=O)N2CCCCC2CO)c1. The predicted octanol–water partition coefficient (Wildman–Crippen LogP) is 2.02. The first-order valence-corrected chi connectivity index (χ1v) is 6.89. The molecule has 1 saturated heterocycles. The number of carbonyl (C=O) groups excluding carboxylic acids is 1. The minimum Gasteiger partial charge on any atom is -0.399 e. The summed E-state index contributed by atoms with van der Waals surface area (Å²) in [5.74, 6) is -0.0539. The van der Waals surface area contributed by atoms with Gasteiger partial charge in [-0.15, -0.1) is 0 Å². The lowest BCUT2D eigenvalue weighted by Crippen LogP contribution is -2.45. The zero-order chi connectivity index (χ0) is 13.1. The van der Waals surface area contributed by atoms with Crippen LogP contribution in [-0.4, -0.2) is 35.1 Å². The van der Waals surface area contributed by atoms with Crippen molar-refractivity contribution in [2.75, 3.05) is 18.9 Å². The largest absolute Gasteiger partial charge is 0.399 e. The number of benzene rings is 1. The van der Waals surface area contributed by atoms with Crippen LogP contribution in [0.25, 0.3) is 0 Å². The van der Waals surface area contributed by atoms with E-state index in [1.165, 1.54) is 0 Å². The molecule has 3 N–H and O–H groups in total. The van der Waals surface area contributed by atoms with Crippen LogP contribution >= 0.6 is 15.9 Å². The van der Waals surface area contributed by atoms with Crippen LogP contribution in [0, 0.1) is 0 Å². The number of aliphatic hydroxyl groups is 1. The molecule has 1 amide bonds. The van der Waals surface area contributed by atoms with E-state index in [1.807, 2.05) is 0 Å². The molecule has 1 aromatic carbocycles. The van der Waals surface area contributed by atoms with Gasteiger partial charge in [-0.05, 0) is 37.5 Å². The van der Waals surface area contributed by atoms with Crippen LogP contribution in [0.4, 0.5) is 5.69 Å².